The molecule has 24 heavy (non-hydrogen) atoms. The van der Waals surface area contributed by atoms with Crippen molar-refractivity contribution in [3.8, 4) is 0 Å². The Labute approximate surface area is 139 Å². The van der Waals surface area contributed by atoms with E-state index in [4.69, 9.17) is 9.47 Å². The van der Waals surface area contributed by atoms with Gasteiger partial charge in [-0.1, -0.05) is 0 Å². The first kappa shape index (κ1) is 16.4. The van der Waals surface area contributed by atoms with Gasteiger partial charge in [0, 0.05) is 25.0 Å². The van der Waals surface area contributed by atoms with Crippen LogP contribution >= 0.6 is 0 Å². The number of nitrogens with zero attached hydrogens (tertiary/aromatic N) is 1. The van der Waals surface area contributed by atoms with Crippen molar-refractivity contribution in [3.63, 3.8) is 0 Å². The number of carbonyl (C=O) groups is 3. The molecule has 2 atom stereocenters. The molecule has 1 aromatic rings. The zero-order chi connectivity index (χ0) is 17.1. The molecule has 2 aliphatic rings. The Morgan fingerprint density at radius 2 is 2.08 bits per heavy atom. The second-order valence-electron chi connectivity index (χ2n) is 5.70. The van der Waals surface area contributed by atoms with Gasteiger partial charge in [0.05, 0.1) is 18.8 Å². The Morgan fingerprint density at radius 1 is 1.33 bits per heavy atom. The number of imide groups is 1. The molecule has 2 heterocycles. The maximum atomic E-state index is 12.4. The third-order valence-electron chi connectivity index (χ3n) is 4.15. The highest BCUT2D eigenvalue weighted by Crippen LogP contribution is 2.18. The SMILES string of the molecule is COC1CCOCC1NC(=O)c1ccc(N2CC(=O)NC2=O)cc1. The molecule has 2 unspecified atom stereocenters. The van der Waals surface area contributed by atoms with Crippen LogP contribution < -0.4 is 15.5 Å². The number of hydrogen-bond donors (Lipinski definition) is 2. The second kappa shape index (κ2) is 6.98. The molecule has 2 saturated heterocycles. The molecule has 8 heteroatoms. The first-order chi connectivity index (χ1) is 11.6. The number of amides is 4. The number of anilines is 1. The van der Waals surface area contributed by atoms with E-state index in [0.717, 1.165) is 6.42 Å². The van der Waals surface area contributed by atoms with E-state index in [2.05, 4.69) is 10.6 Å². The van der Waals surface area contributed by atoms with Crippen LogP contribution in [-0.4, -0.2) is 56.9 Å². The third-order valence-corrected chi connectivity index (χ3v) is 4.15. The molecule has 4 amide bonds. The Hall–Kier alpha value is -2.45. The lowest BCUT2D eigenvalue weighted by Gasteiger charge is -2.31. The normalized spacial score (nSPS) is 24.0. The number of urea groups is 1. The molecule has 2 N–H and O–H groups in total. The van der Waals surface area contributed by atoms with Crippen LogP contribution in [0.2, 0.25) is 0 Å². The number of hydrogen-bond acceptors (Lipinski definition) is 5. The molecule has 0 spiro atoms. The molecular weight excluding hydrogens is 314 g/mol. The standard InChI is InChI=1S/C16H19N3O5/c1-23-13-6-7-24-9-12(13)17-15(21)10-2-4-11(5-3-10)19-8-14(20)18-16(19)22/h2-5,12-13H,6-9H2,1H3,(H,17,21)(H,18,20,22). The fourth-order valence-electron chi connectivity index (χ4n) is 2.83. The van der Waals surface area contributed by atoms with Gasteiger partial charge in [-0.15, -0.1) is 0 Å². The Bertz CT molecular complexity index is 646. The van der Waals surface area contributed by atoms with Crippen molar-refractivity contribution in [1.29, 1.82) is 0 Å². The van der Waals surface area contributed by atoms with Gasteiger partial charge in [0.25, 0.3) is 5.91 Å². The predicted octanol–water partition coefficient (Wildman–Crippen LogP) is 0.276. The number of benzene rings is 1. The summed E-state index contributed by atoms with van der Waals surface area (Å²) in [5, 5.41) is 5.11. The van der Waals surface area contributed by atoms with Crippen molar-refractivity contribution < 1.29 is 23.9 Å². The van der Waals surface area contributed by atoms with Gasteiger partial charge in [-0.2, -0.15) is 0 Å². The van der Waals surface area contributed by atoms with Gasteiger partial charge in [-0.25, -0.2) is 4.79 Å². The van der Waals surface area contributed by atoms with Gasteiger partial charge >= 0.3 is 6.03 Å². The van der Waals surface area contributed by atoms with Crippen LogP contribution in [-0.2, 0) is 14.3 Å². The first-order valence-electron chi connectivity index (χ1n) is 7.71. The molecular formula is C16H19N3O5. The van der Waals surface area contributed by atoms with Crippen molar-refractivity contribution >= 4 is 23.5 Å². The maximum absolute atomic E-state index is 12.4. The van der Waals surface area contributed by atoms with E-state index in [1.54, 1.807) is 31.4 Å². The lowest BCUT2D eigenvalue weighted by Crippen LogP contribution is -2.50. The van der Waals surface area contributed by atoms with Crippen LogP contribution in [0.1, 0.15) is 16.8 Å². The monoisotopic (exact) mass is 333 g/mol. The van der Waals surface area contributed by atoms with E-state index in [1.807, 2.05) is 0 Å². The van der Waals surface area contributed by atoms with E-state index >= 15 is 0 Å². The molecule has 0 bridgehead atoms. The van der Waals surface area contributed by atoms with Crippen molar-refractivity contribution in [1.82, 2.24) is 10.6 Å². The van der Waals surface area contributed by atoms with E-state index in [-0.39, 0.29) is 30.5 Å². The van der Waals surface area contributed by atoms with E-state index < -0.39 is 6.03 Å². The number of methoxy groups -OCH3 is 1. The highest BCUT2D eigenvalue weighted by Gasteiger charge is 2.29. The number of ether oxygens (including phenoxy) is 2. The van der Waals surface area contributed by atoms with Crippen molar-refractivity contribution in [3.05, 3.63) is 29.8 Å². The Kier molecular flexibility index (Phi) is 4.77. The van der Waals surface area contributed by atoms with Crippen LogP contribution in [0.4, 0.5) is 10.5 Å². The highest BCUT2D eigenvalue weighted by atomic mass is 16.5. The summed E-state index contributed by atoms with van der Waals surface area (Å²) < 4.78 is 10.8. The minimum Gasteiger partial charge on any atom is -0.379 e. The Morgan fingerprint density at radius 3 is 2.71 bits per heavy atom. The summed E-state index contributed by atoms with van der Waals surface area (Å²) in [6, 6.07) is 5.85. The summed E-state index contributed by atoms with van der Waals surface area (Å²) in [5.41, 5.74) is 1.02. The summed E-state index contributed by atoms with van der Waals surface area (Å²) in [6.45, 7) is 1.02. The number of carbonyl (C=O) groups excluding carboxylic acids is 3. The fraction of sp³-hybridized carbons (Fsp3) is 0.438. The molecule has 2 fully saturated rings. The maximum Gasteiger partial charge on any atom is 0.329 e. The zero-order valence-electron chi connectivity index (χ0n) is 13.3. The highest BCUT2D eigenvalue weighted by molar-refractivity contribution is 6.12. The molecule has 0 saturated carbocycles. The largest absolute Gasteiger partial charge is 0.379 e. The lowest BCUT2D eigenvalue weighted by molar-refractivity contribution is -0.117. The first-order valence-corrected chi connectivity index (χ1v) is 7.71. The van der Waals surface area contributed by atoms with Gasteiger partial charge in [-0.05, 0) is 30.7 Å². The van der Waals surface area contributed by atoms with Gasteiger partial charge < -0.3 is 14.8 Å². The quantitative estimate of drug-likeness (QED) is 0.771. The van der Waals surface area contributed by atoms with Crippen LogP contribution in [0.15, 0.2) is 24.3 Å². The summed E-state index contributed by atoms with van der Waals surface area (Å²) in [6.07, 6.45) is 0.666. The average molecular weight is 333 g/mol. The molecule has 0 aromatic heterocycles. The fourth-order valence-corrected chi connectivity index (χ4v) is 2.83. The predicted molar refractivity (Wildman–Crippen MR) is 84.8 cm³/mol. The smallest absolute Gasteiger partial charge is 0.329 e. The molecule has 2 aliphatic heterocycles. The summed E-state index contributed by atoms with van der Waals surface area (Å²) in [7, 11) is 1.62. The van der Waals surface area contributed by atoms with Crippen LogP contribution in [0.3, 0.4) is 0 Å². The van der Waals surface area contributed by atoms with E-state index in [9.17, 15) is 14.4 Å². The summed E-state index contributed by atoms with van der Waals surface area (Å²) in [4.78, 5) is 36.5. The van der Waals surface area contributed by atoms with Crippen molar-refractivity contribution in [2.45, 2.75) is 18.6 Å². The van der Waals surface area contributed by atoms with Gasteiger partial charge in [0.1, 0.15) is 6.54 Å². The molecule has 8 nitrogen and oxygen atoms in total. The van der Waals surface area contributed by atoms with E-state index in [1.165, 1.54) is 4.90 Å². The molecule has 1 aromatic carbocycles. The topological polar surface area (TPSA) is 97.0 Å². The van der Waals surface area contributed by atoms with Crippen molar-refractivity contribution in [2.24, 2.45) is 0 Å². The average Bonchev–Trinajstić information content (AvgIpc) is 2.94. The third kappa shape index (κ3) is 3.39. The van der Waals surface area contributed by atoms with Crippen LogP contribution in [0.25, 0.3) is 0 Å². The van der Waals surface area contributed by atoms with Crippen molar-refractivity contribution in [2.75, 3.05) is 31.8 Å². The molecule has 0 aliphatic carbocycles. The summed E-state index contributed by atoms with van der Waals surface area (Å²) in [5.74, 6) is -0.578. The zero-order valence-corrected chi connectivity index (χ0v) is 13.3. The molecule has 0 radical (unpaired) electrons. The van der Waals surface area contributed by atoms with Crippen LogP contribution in [0.5, 0.6) is 0 Å². The number of nitrogens with one attached hydrogen (secondary N) is 2. The van der Waals surface area contributed by atoms with Gasteiger partial charge in [0.15, 0.2) is 0 Å². The minimum absolute atomic E-state index is 0.0146. The lowest BCUT2D eigenvalue weighted by atomic mass is 10.1. The van der Waals surface area contributed by atoms with E-state index in [0.29, 0.717) is 24.5 Å². The minimum atomic E-state index is -0.459. The second-order valence-corrected chi connectivity index (χ2v) is 5.70. The summed E-state index contributed by atoms with van der Waals surface area (Å²) >= 11 is 0. The van der Waals surface area contributed by atoms with Crippen LogP contribution in [0, 0.1) is 0 Å². The van der Waals surface area contributed by atoms with Gasteiger partial charge in [0.2, 0.25) is 5.91 Å². The Balaban J connectivity index is 1.65. The van der Waals surface area contributed by atoms with Gasteiger partial charge in [-0.3, -0.25) is 19.8 Å². The number of rotatable bonds is 4. The molecule has 128 valence electrons. The molecule has 3 rings (SSSR count).